The summed E-state index contributed by atoms with van der Waals surface area (Å²) in [4.78, 5) is 19.2. The minimum absolute atomic E-state index is 0.000490. The Morgan fingerprint density at radius 1 is 1.03 bits per heavy atom. The van der Waals surface area contributed by atoms with Gasteiger partial charge in [-0.15, -0.1) is 0 Å². The van der Waals surface area contributed by atoms with E-state index in [4.69, 9.17) is 4.52 Å². The first-order valence-electron chi connectivity index (χ1n) is 11.5. The summed E-state index contributed by atoms with van der Waals surface area (Å²) in [5, 5.41) is 5.81. The Morgan fingerprint density at radius 2 is 1.77 bits per heavy atom. The zero-order chi connectivity index (χ0) is 24.6. The maximum absolute atomic E-state index is 13.4. The van der Waals surface area contributed by atoms with Crippen molar-refractivity contribution in [2.75, 3.05) is 19.6 Å². The van der Waals surface area contributed by atoms with Gasteiger partial charge < -0.3 is 9.42 Å². The monoisotopic (exact) mass is 490 g/mol. The molecule has 3 aromatic carbocycles. The molecule has 180 valence electrons. The smallest absolute Gasteiger partial charge is 0.257 e. The minimum Gasteiger partial charge on any atom is -0.339 e. The lowest BCUT2D eigenvalue weighted by molar-refractivity contribution is -0.132. The van der Waals surface area contributed by atoms with Crippen molar-refractivity contribution in [2.45, 2.75) is 31.2 Å². The van der Waals surface area contributed by atoms with E-state index < -0.39 is 10.0 Å². The van der Waals surface area contributed by atoms with Crippen molar-refractivity contribution >= 4 is 26.7 Å². The molecule has 0 saturated carbocycles. The normalized spacial score (nSPS) is 17.1. The van der Waals surface area contributed by atoms with E-state index in [2.05, 4.69) is 10.1 Å². The molecule has 0 spiro atoms. The number of rotatable bonds is 5. The van der Waals surface area contributed by atoms with Gasteiger partial charge in [-0.05, 0) is 48.9 Å². The van der Waals surface area contributed by atoms with Crippen molar-refractivity contribution in [2.24, 2.45) is 0 Å². The molecule has 9 heteroatoms. The highest BCUT2D eigenvalue weighted by Crippen LogP contribution is 2.25. The third-order valence-corrected chi connectivity index (χ3v) is 8.33. The van der Waals surface area contributed by atoms with Gasteiger partial charge in [0.1, 0.15) is 0 Å². The Morgan fingerprint density at radius 3 is 2.51 bits per heavy atom. The van der Waals surface area contributed by atoms with Gasteiger partial charge in [0.2, 0.25) is 15.9 Å². The van der Waals surface area contributed by atoms with Crippen LogP contribution in [-0.4, -0.2) is 59.3 Å². The molecule has 1 aliphatic rings. The minimum atomic E-state index is -3.69. The summed E-state index contributed by atoms with van der Waals surface area (Å²) in [5.41, 5.74) is 1.92. The van der Waals surface area contributed by atoms with E-state index in [1.165, 1.54) is 4.31 Å². The van der Waals surface area contributed by atoms with Crippen LogP contribution in [-0.2, 0) is 21.2 Å². The Balaban J connectivity index is 1.25. The van der Waals surface area contributed by atoms with Crippen LogP contribution >= 0.6 is 0 Å². The van der Waals surface area contributed by atoms with Crippen molar-refractivity contribution in [3.63, 3.8) is 0 Å². The van der Waals surface area contributed by atoms with Crippen LogP contribution in [0.5, 0.6) is 0 Å². The quantitative estimate of drug-likeness (QED) is 0.424. The number of benzene rings is 3. The number of amides is 1. The van der Waals surface area contributed by atoms with Crippen molar-refractivity contribution in [1.29, 1.82) is 0 Å². The maximum atomic E-state index is 13.4. The van der Waals surface area contributed by atoms with E-state index in [1.807, 2.05) is 68.4 Å². The maximum Gasteiger partial charge on any atom is 0.257 e. The number of piperazine rings is 1. The predicted molar refractivity (Wildman–Crippen MR) is 132 cm³/mol. The SMILES string of the molecule is Cc1ccc(-c2nc(CC(=O)N3CCN(S(=O)(=O)c4ccc5ccccc5c4)C(C)C3)no2)cc1. The summed E-state index contributed by atoms with van der Waals surface area (Å²) in [6.45, 7) is 4.65. The number of fused-ring (bicyclic) bond motifs is 1. The summed E-state index contributed by atoms with van der Waals surface area (Å²) in [5.74, 6) is 0.521. The van der Waals surface area contributed by atoms with Crippen molar-refractivity contribution in [3.05, 3.63) is 78.1 Å². The molecule has 1 aliphatic heterocycles. The van der Waals surface area contributed by atoms with Crippen LogP contribution in [0.15, 0.2) is 76.1 Å². The van der Waals surface area contributed by atoms with Gasteiger partial charge in [-0.3, -0.25) is 4.79 Å². The summed E-state index contributed by atoms with van der Waals surface area (Å²) in [6, 6.07) is 20.2. The largest absolute Gasteiger partial charge is 0.339 e. The number of carbonyl (C=O) groups is 1. The zero-order valence-electron chi connectivity index (χ0n) is 19.6. The number of nitrogens with zero attached hydrogens (tertiary/aromatic N) is 4. The van der Waals surface area contributed by atoms with Crippen LogP contribution in [0, 0.1) is 6.92 Å². The molecular formula is C26H26N4O4S. The number of sulfonamides is 1. The van der Waals surface area contributed by atoms with Gasteiger partial charge in [-0.2, -0.15) is 9.29 Å². The molecule has 1 amide bonds. The van der Waals surface area contributed by atoms with Crippen molar-refractivity contribution < 1.29 is 17.7 Å². The van der Waals surface area contributed by atoms with Gasteiger partial charge in [-0.1, -0.05) is 53.2 Å². The predicted octanol–water partition coefficient (Wildman–Crippen LogP) is 3.66. The number of carbonyl (C=O) groups excluding carboxylic acids is 1. The highest BCUT2D eigenvalue weighted by atomic mass is 32.2. The molecule has 4 aromatic rings. The van der Waals surface area contributed by atoms with Crippen LogP contribution in [0.1, 0.15) is 18.3 Å². The van der Waals surface area contributed by atoms with Gasteiger partial charge in [0.15, 0.2) is 5.82 Å². The van der Waals surface area contributed by atoms with E-state index in [9.17, 15) is 13.2 Å². The highest BCUT2D eigenvalue weighted by Gasteiger charge is 2.35. The Hall–Kier alpha value is -3.56. The number of aromatic nitrogens is 2. The fraction of sp³-hybridized carbons (Fsp3) is 0.269. The first-order chi connectivity index (χ1) is 16.8. The summed E-state index contributed by atoms with van der Waals surface area (Å²) in [7, 11) is -3.69. The first kappa shape index (κ1) is 23.2. The van der Waals surface area contributed by atoms with Crippen LogP contribution in [0.2, 0.25) is 0 Å². The molecular weight excluding hydrogens is 464 g/mol. The average Bonchev–Trinajstić information content (AvgIpc) is 3.32. The van der Waals surface area contributed by atoms with Crippen LogP contribution in [0.4, 0.5) is 0 Å². The second-order valence-corrected chi connectivity index (χ2v) is 10.8. The van der Waals surface area contributed by atoms with Gasteiger partial charge in [0.05, 0.1) is 11.3 Å². The second-order valence-electron chi connectivity index (χ2n) is 8.87. The lowest BCUT2D eigenvalue weighted by Crippen LogP contribution is -2.55. The summed E-state index contributed by atoms with van der Waals surface area (Å²) in [6.07, 6.45) is -0.000490. The van der Waals surface area contributed by atoms with E-state index in [1.54, 1.807) is 17.0 Å². The standard InChI is InChI=1S/C26H26N4O4S/c1-18-7-9-21(10-8-18)26-27-24(28-34-26)16-25(31)29-13-14-30(19(2)17-29)35(32,33)23-12-11-20-5-3-4-6-22(20)15-23/h3-12,15,19H,13-14,16-17H2,1-2H3. The molecule has 1 aromatic heterocycles. The molecule has 5 rings (SSSR count). The molecule has 0 N–H and O–H groups in total. The summed E-state index contributed by atoms with van der Waals surface area (Å²) < 4.78 is 33.5. The van der Waals surface area contributed by atoms with Gasteiger partial charge in [-0.25, -0.2) is 8.42 Å². The molecule has 2 heterocycles. The fourth-order valence-electron chi connectivity index (χ4n) is 4.37. The zero-order valence-corrected chi connectivity index (χ0v) is 20.4. The number of hydrogen-bond acceptors (Lipinski definition) is 6. The molecule has 1 saturated heterocycles. The number of hydrogen-bond donors (Lipinski definition) is 0. The van der Waals surface area contributed by atoms with Gasteiger partial charge >= 0.3 is 0 Å². The second kappa shape index (κ2) is 9.24. The Kier molecular flexibility index (Phi) is 6.12. The van der Waals surface area contributed by atoms with E-state index in [0.717, 1.165) is 21.9 Å². The molecule has 8 nitrogen and oxygen atoms in total. The highest BCUT2D eigenvalue weighted by molar-refractivity contribution is 7.89. The molecule has 1 unspecified atom stereocenters. The summed E-state index contributed by atoms with van der Waals surface area (Å²) >= 11 is 0. The van der Waals surface area contributed by atoms with Crippen molar-refractivity contribution in [1.82, 2.24) is 19.3 Å². The van der Waals surface area contributed by atoms with Crippen molar-refractivity contribution in [3.8, 4) is 11.5 Å². The third-order valence-electron chi connectivity index (χ3n) is 6.32. The molecule has 0 bridgehead atoms. The molecule has 1 fully saturated rings. The van der Waals surface area contributed by atoms with Crippen LogP contribution < -0.4 is 0 Å². The van der Waals surface area contributed by atoms with E-state index in [-0.39, 0.29) is 29.8 Å². The Bertz CT molecular complexity index is 1480. The topological polar surface area (TPSA) is 96.6 Å². The van der Waals surface area contributed by atoms with E-state index in [0.29, 0.717) is 24.8 Å². The molecule has 0 radical (unpaired) electrons. The Labute approximate surface area is 204 Å². The van der Waals surface area contributed by atoms with Gasteiger partial charge in [0, 0.05) is 31.2 Å². The lowest BCUT2D eigenvalue weighted by atomic mass is 10.1. The third kappa shape index (κ3) is 4.69. The average molecular weight is 491 g/mol. The first-order valence-corrected chi connectivity index (χ1v) is 12.9. The van der Waals surface area contributed by atoms with Gasteiger partial charge in [0.25, 0.3) is 5.89 Å². The molecule has 1 atom stereocenters. The molecule has 35 heavy (non-hydrogen) atoms. The molecule has 0 aliphatic carbocycles. The number of aryl methyl sites for hydroxylation is 1. The fourth-order valence-corrected chi connectivity index (χ4v) is 6.02. The van der Waals surface area contributed by atoms with Crippen LogP contribution in [0.3, 0.4) is 0 Å². The van der Waals surface area contributed by atoms with Crippen LogP contribution in [0.25, 0.3) is 22.2 Å². The lowest BCUT2D eigenvalue weighted by Gasteiger charge is -2.38. The van der Waals surface area contributed by atoms with E-state index >= 15 is 0 Å².